The van der Waals surface area contributed by atoms with Gasteiger partial charge in [-0.05, 0) is 24.5 Å². The predicted molar refractivity (Wildman–Crippen MR) is 99.9 cm³/mol. The topological polar surface area (TPSA) is 51.4 Å². The Morgan fingerprint density at radius 1 is 1.25 bits per heavy atom. The Labute approximate surface area is 152 Å². The van der Waals surface area contributed by atoms with Crippen LogP contribution in [-0.4, -0.2) is 13.0 Å². The van der Waals surface area contributed by atoms with Crippen LogP contribution in [0.4, 0.5) is 0 Å². The van der Waals surface area contributed by atoms with Gasteiger partial charge in [-0.1, -0.05) is 56.6 Å². The van der Waals surface area contributed by atoms with Crippen molar-refractivity contribution in [3.8, 4) is 0 Å². The molecule has 0 amide bonds. The molecule has 0 saturated carbocycles. The van der Waals surface area contributed by atoms with E-state index in [1.54, 1.807) is 36.4 Å². The maximum atomic E-state index is 12.6. The SMILES string of the molecule is Cc1c(C(C)(C)C)s/c(=N\S(=O)(=O)c2ccccc2)n1C/C=C\Cl. The van der Waals surface area contributed by atoms with Crippen LogP contribution in [0, 0.1) is 6.92 Å². The van der Waals surface area contributed by atoms with E-state index in [2.05, 4.69) is 25.2 Å². The molecule has 1 aromatic heterocycles. The number of halogens is 1. The van der Waals surface area contributed by atoms with Gasteiger partial charge in [-0.25, -0.2) is 0 Å². The minimum absolute atomic E-state index is 0.0918. The first-order valence-electron chi connectivity index (χ1n) is 7.49. The van der Waals surface area contributed by atoms with E-state index in [4.69, 9.17) is 11.6 Å². The second-order valence-corrected chi connectivity index (χ2v) is 9.23. The van der Waals surface area contributed by atoms with E-state index in [0.29, 0.717) is 11.3 Å². The van der Waals surface area contributed by atoms with Crippen LogP contribution in [0.5, 0.6) is 0 Å². The molecule has 0 bridgehead atoms. The molecule has 0 radical (unpaired) electrons. The molecule has 0 aliphatic rings. The van der Waals surface area contributed by atoms with Crippen molar-refractivity contribution in [2.75, 3.05) is 0 Å². The predicted octanol–water partition coefficient (Wildman–Crippen LogP) is 4.20. The van der Waals surface area contributed by atoms with Crippen LogP contribution in [0.15, 0.2) is 51.2 Å². The third-order valence-corrected chi connectivity index (χ3v) is 6.64. The van der Waals surface area contributed by atoms with Crippen LogP contribution in [-0.2, 0) is 22.0 Å². The van der Waals surface area contributed by atoms with Gasteiger partial charge in [0.25, 0.3) is 10.0 Å². The van der Waals surface area contributed by atoms with E-state index in [0.717, 1.165) is 10.6 Å². The molecule has 0 fully saturated rings. The zero-order chi connectivity index (χ0) is 18.0. The van der Waals surface area contributed by atoms with Gasteiger partial charge in [0.2, 0.25) is 4.80 Å². The number of hydrogen-bond acceptors (Lipinski definition) is 3. The first-order chi connectivity index (χ1) is 11.2. The summed E-state index contributed by atoms with van der Waals surface area (Å²) in [5.74, 6) is 0. The zero-order valence-electron chi connectivity index (χ0n) is 14.2. The standard InChI is InChI=1S/C17H21ClN2O2S2/c1-13-15(17(2,3)4)23-16(20(13)12-8-11-18)19-24(21,22)14-9-6-5-7-10-14/h5-11H,12H2,1-4H3/b11-8-,19-16-. The third-order valence-electron chi connectivity index (χ3n) is 3.46. The molecular weight excluding hydrogens is 364 g/mol. The average molecular weight is 385 g/mol. The van der Waals surface area contributed by atoms with Crippen LogP contribution in [0.25, 0.3) is 0 Å². The molecule has 1 heterocycles. The van der Waals surface area contributed by atoms with Crippen LogP contribution < -0.4 is 4.80 Å². The number of benzene rings is 1. The summed E-state index contributed by atoms with van der Waals surface area (Å²) in [7, 11) is -3.75. The Kier molecular flexibility index (Phi) is 5.73. The van der Waals surface area contributed by atoms with Gasteiger partial charge in [-0.15, -0.1) is 15.7 Å². The lowest BCUT2D eigenvalue weighted by molar-refractivity contribution is 0.589. The lowest BCUT2D eigenvalue weighted by atomic mass is 9.93. The highest BCUT2D eigenvalue weighted by molar-refractivity contribution is 7.90. The van der Waals surface area contributed by atoms with Gasteiger partial charge in [0.05, 0.1) is 4.90 Å². The molecule has 2 aromatic rings. The highest BCUT2D eigenvalue weighted by Gasteiger charge is 2.22. The summed E-state index contributed by atoms with van der Waals surface area (Å²) in [6.07, 6.45) is 1.77. The summed E-state index contributed by atoms with van der Waals surface area (Å²) in [4.78, 5) is 1.75. The largest absolute Gasteiger partial charge is 0.316 e. The minimum atomic E-state index is -3.75. The van der Waals surface area contributed by atoms with Crippen LogP contribution in [0.3, 0.4) is 0 Å². The molecule has 0 atom stereocenters. The molecule has 1 aromatic carbocycles. The molecule has 0 aliphatic heterocycles. The van der Waals surface area contributed by atoms with Gasteiger partial charge >= 0.3 is 0 Å². The van der Waals surface area contributed by atoms with Crippen molar-refractivity contribution in [1.82, 2.24) is 4.57 Å². The van der Waals surface area contributed by atoms with Crippen LogP contribution in [0.1, 0.15) is 31.3 Å². The molecule has 0 N–H and O–H groups in total. The first kappa shape index (κ1) is 19.0. The van der Waals surface area contributed by atoms with Crippen LogP contribution >= 0.6 is 22.9 Å². The molecule has 0 unspecified atom stereocenters. The number of nitrogens with zero attached hydrogens (tertiary/aromatic N) is 2. The van der Waals surface area contributed by atoms with Crippen molar-refractivity contribution >= 4 is 33.0 Å². The van der Waals surface area contributed by atoms with Crippen molar-refractivity contribution < 1.29 is 8.42 Å². The first-order valence-corrected chi connectivity index (χ1v) is 10.2. The van der Waals surface area contributed by atoms with E-state index in [1.807, 2.05) is 11.5 Å². The van der Waals surface area contributed by atoms with Crippen molar-refractivity contribution in [3.63, 3.8) is 0 Å². The maximum absolute atomic E-state index is 12.6. The van der Waals surface area contributed by atoms with Crippen LogP contribution in [0.2, 0.25) is 0 Å². The molecule has 0 saturated heterocycles. The lowest BCUT2D eigenvalue weighted by Gasteiger charge is -2.17. The number of aromatic nitrogens is 1. The molecular formula is C17H21ClN2O2S2. The minimum Gasteiger partial charge on any atom is -0.316 e. The number of hydrogen-bond donors (Lipinski definition) is 0. The van der Waals surface area contributed by atoms with E-state index in [9.17, 15) is 8.42 Å². The second kappa shape index (κ2) is 7.25. The lowest BCUT2D eigenvalue weighted by Crippen LogP contribution is -2.18. The summed E-state index contributed by atoms with van der Waals surface area (Å²) in [5, 5.41) is 0. The fourth-order valence-electron chi connectivity index (χ4n) is 2.36. The highest BCUT2D eigenvalue weighted by atomic mass is 35.5. The molecule has 7 heteroatoms. The van der Waals surface area contributed by atoms with E-state index in [-0.39, 0.29) is 10.3 Å². The number of thiazole rings is 1. The molecule has 24 heavy (non-hydrogen) atoms. The van der Waals surface area contributed by atoms with E-state index >= 15 is 0 Å². The molecule has 130 valence electrons. The Bertz CT molecular complexity index is 902. The Morgan fingerprint density at radius 2 is 1.88 bits per heavy atom. The molecule has 4 nitrogen and oxygen atoms in total. The van der Waals surface area contributed by atoms with E-state index in [1.165, 1.54) is 16.9 Å². The van der Waals surface area contributed by atoms with Gasteiger partial charge in [0.1, 0.15) is 0 Å². The average Bonchev–Trinajstić information content (AvgIpc) is 2.82. The van der Waals surface area contributed by atoms with Crippen molar-refractivity contribution in [1.29, 1.82) is 0 Å². The fraction of sp³-hybridized carbons (Fsp3) is 0.353. The Hall–Kier alpha value is -1.37. The highest BCUT2D eigenvalue weighted by Crippen LogP contribution is 2.28. The number of allylic oxidation sites excluding steroid dienone is 1. The van der Waals surface area contributed by atoms with Gasteiger partial charge in [-0.2, -0.15) is 8.42 Å². The van der Waals surface area contributed by atoms with E-state index < -0.39 is 10.0 Å². The van der Waals surface area contributed by atoms with Crippen molar-refractivity contribution in [2.45, 2.75) is 44.6 Å². The summed E-state index contributed by atoms with van der Waals surface area (Å²) < 4.78 is 31.1. The second-order valence-electron chi connectivity index (χ2n) is 6.40. The quantitative estimate of drug-likeness (QED) is 0.793. The van der Waals surface area contributed by atoms with Gasteiger partial charge in [0.15, 0.2) is 0 Å². The number of sulfonamides is 1. The maximum Gasteiger partial charge on any atom is 0.285 e. The summed E-state index contributed by atoms with van der Waals surface area (Å²) in [6, 6.07) is 8.25. The Balaban J connectivity index is 2.68. The monoisotopic (exact) mass is 384 g/mol. The zero-order valence-corrected chi connectivity index (χ0v) is 16.5. The molecule has 0 spiro atoms. The molecule has 0 aliphatic carbocycles. The molecule has 2 rings (SSSR count). The van der Waals surface area contributed by atoms with Gasteiger partial charge < -0.3 is 4.57 Å². The van der Waals surface area contributed by atoms with Gasteiger partial charge in [-0.3, -0.25) is 0 Å². The summed E-state index contributed by atoms with van der Waals surface area (Å²) in [5.41, 5.74) is 2.34. The number of rotatable bonds is 4. The van der Waals surface area contributed by atoms with Crippen molar-refractivity contribution in [2.24, 2.45) is 4.40 Å². The summed E-state index contributed by atoms with van der Waals surface area (Å²) in [6.45, 7) is 8.76. The fourth-order valence-corrected chi connectivity index (χ4v) is 4.86. The Morgan fingerprint density at radius 3 is 2.42 bits per heavy atom. The third kappa shape index (κ3) is 4.18. The van der Waals surface area contributed by atoms with Gasteiger partial charge in [0, 0.05) is 22.7 Å². The smallest absolute Gasteiger partial charge is 0.285 e. The normalized spacial score (nSPS) is 13.8. The van der Waals surface area contributed by atoms with Crippen molar-refractivity contribution in [3.05, 3.63) is 57.3 Å². The summed E-state index contributed by atoms with van der Waals surface area (Å²) >= 11 is 7.05.